The van der Waals surface area contributed by atoms with Gasteiger partial charge >= 0.3 is 0 Å². The molecule has 1 atom stereocenters. The molecule has 3 aromatic carbocycles. The van der Waals surface area contributed by atoms with Crippen LogP contribution in [0.15, 0.2) is 48.5 Å². The Bertz CT molecular complexity index is 1820. The number of hydrogen-bond acceptors (Lipinski definition) is 7. The SMILES string of the molecule is COc1cc(OC2CCc3c(-c4cccc(NC(=O)c5nc6c(n5C)CCN(C)C6)c4Cl)cccc32)c(Cl)cc1CN1CC(O)C1. The fourth-order valence-corrected chi connectivity index (χ4v) is 7.42. The van der Waals surface area contributed by atoms with Crippen molar-refractivity contribution in [3.8, 4) is 22.6 Å². The highest BCUT2D eigenvalue weighted by Crippen LogP contribution is 2.45. The van der Waals surface area contributed by atoms with Crippen molar-refractivity contribution in [2.75, 3.05) is 39.1 Å². The zero-order valence-electron chi connectivity index (χ0n) is 26.1. The molecule has 46 heavy (non-hydrogen) atoms. The number of benzene rings is 3. The minimum Gasteiger partial charge on any atom is -0.496 e. The Morgan fingerprint density at radius 3 is 2.63 bits per heavy atom. The number of hydrogen-bond donors (Lipinski definition) is 2. The van der Waals surface area contributed by atoms with Crippen LogP contribution in [0.4, 0.5) is 5.69 Å². The van der Waals surface area contributed by atoms with Crippen molar-refractivity contribution in [2.45, 2.75) is 44.6 Å². The van der Waals surface area contributed by atoms with Gasteiger partial charge in [0.1, 0.15) is 17.6 Å². The van der Waals surface area contributed by atoms with Gasteiger partial charge in [-0.1, -0.05) is 53.5 Å². The number of amides is 1. The van der Waals surface area contributed by atoms with Crippen molar-refractivity contribution < 1.29 is 19.4 Å². The van der Waals surface area contributed by atoms with Crippen LogP contribution in [0.5, 0.6) is 11.5 Å². The summed E-state index contributed by atoms with van der Waals surface area (Å²) < 4.78 is 14.1. The Morgan fingerprint density at radius 1 is 1.07 bits per heavy atom. The number of methoxy groups -OCH3 is 1. The van der Waals surface area contributed by atoms with Crippen LogP contribution >= 0.6 is 23.2 Å². The molecule has 0 spiro atoms. The Morgan fingerprint density at radius 2 is 1.85 bits per heavy atom. The molecule has 1 unspecified atom stereocenters. The lowest BCUT2D eigenvalue weighted by molar-refractivity contribution is -0.00323. The minimum absolute atomic E-state index is 0.191. The second-order valence-corrected chi connectivity index (χ2v) is 13.2. The predicted molar refractivity (Wildman–Crippen MR) is 179 cm³/mol. The fourth-order valence-electron chi connectivity index (χ4n) is 6.91. The molecule has 2 N–H and O–H groups in total. The first-order valence-electron chi connectivity index (χ1n) is 15.6. The number of likely N-dealkylation sites (N-methyl/N-ethyl adjacent to an activating group) is 1. The highest BCUT2D eigenvalue weighted by atomic mass is 35.5. The summed E-state index contributed by atoms with van der Waals surface area (Å²) in [5, 5.41) is 13.7. The summed E-state index contributed by atoms with van der Waals surface area (Å²) in [4.78, 5) is 22.4. The van der Waals surface area contributed by atoms with Crippen LogP contribution in [-0.2, 0) is 33.0 Å². The van der Waals surface area contributed by atoms with E-state index >= 15 is 0 Å². The Labute approximate surface area is 278 Å². The summed E-state index contributed by atoms with van der Waals surface area (Å²) in [7, 11) is 5.60. The summed E-state index contributed by atoms with van der Waals surface area (Å²) in [6, 6.07) is 15.6. The second kappa shape index (κ2) is 12.5. The molecular formula is C35H37Cl2N5O4. The van der Waals surface area contributed by atoms with Crippen LogP contribution in [0.25, 0.3) is 11.1 Å². The number of aromatic nitrogens is 2. The first kappa shape index (κ1) is 31.0. The van der Waals surface area contributed by atoms with Crippen LogP contribution in [0.1, 0.15) is 51.2 Å². The van der Waals surface area contributed by atoms with Gasteiger partial charge in [0.15, 0.2) is 5.82 Å². The van der Waals surface area contributed by atoms with E-state index in [1.54, 1.807) is 7.11 Å². The summed E-state index contributed by atoms with van der Waals surface area (Å²) >= 11 is 13.7. The lowest BCUT2D eigenvalue weighted by Gasteiger charge is -2.36. The number of carbonyl (C=O) groups excluding carboxylic acids is 1. The van der Waals surface area contributed by atoms with E-state index in [2.05, 4.69) is 39.3 Å². The van der Waals surface area contributed by atoms with Crippen molar-refractivity contribution in [1.82, 2.24) is 19.4 Å². The van der Waals surface area contributed by atoms with Gasteiger partial charge in [0.2, 0.25) is 0 Å². The summed E-state index contributed by atoms with van der Waals surface area (Å²) in [5.74, 6) is 1.37. The zero-order valence-corrected chi connectivity index (χ0v) is 27.7. The molecule has 1 aliphatic carbocycles. The van der Waals surface area contributed by atoms with E-state index in [4.69, 9.17) is 32.7 Å². The number of rotatable bonds is 8. The third kappa shape index (κ3) is 5.75. The van der Waals surface area contributed by atoms with E-state index in [9.17, 15) is 9.90 Å². The number of imidazole rings is 1. The molecule has 9 nitrogen and oxygen atoms in total. The van der Waals surface area contributed by atoms with Gasteiger partial charge in [-0.15, -0.1) is 0 Å². The van der Waals surface area contributed by atoms with Gasteiger partial charge in [-0.05, 0) is 48.7 Å². The average Bonchev–Trinajstić information content (AvgIpc) is 3.58. The molecule has 0 radical (unpaired) electrons. The first-order valence-corrected chi connectivity index (χ1v) is 16.3. The Balaban J connectivity index is 1.12. The van der Waals surface area contributed by atoms with Gasteiger partial charge in [-0.25, -0.2) is 4.98 Å². The van der Waals surface area contributed by atoms with Crippen molar-refractivity contribution in [1.29, 1.82) is 0 Å². The van der Waals surface area contributed by atoms with Crippen molar-refractivity contribution in [2.24, 2.45) is 7.05 Å². The van der Waals surface area contributed by atoms with Gasteiger partial charge < -0.3 is 29.4 Å². The summed E-state index contributed by atoms with van der Waals surface area (Å²) in [5.41, 5.74) is 7.64. The third-order valence-corrected chi connectivity index (χ3v) is 10.0. The molecule has 4 aromatic rings. The van der Waals surface area contributed by atoms with Gasteiger partial charge in [0.05, 0.1) is 34.6 Å². The van der Waals surface area contributed by atoms with Gasteiger partial charge in [-0.2, -0.15) is 0 Å². The standard InChI is InChI=1S/C35H37Cl2N5O4/c1-40-13-12-29-28(19-40)38-34(41(29)2)35(44)39-27-9-5-8-25(33(27)37)22-6-4-7-24-23(22)10-11-30(24)46-32-15-31(45-3)20(14-26(32)36)16-42-17-21(43)18-42/h4-9,14-15,21,30,43H,10-13,16-19H2,1-3H3,(H,39,44). The molecule has 1 amide bonds. The van der Waals surface area contributed by atoms with Crippen LogP contribution in [0, 0.1) is 0 Å². The minimum atomic E-state index is -0.286. The van der Waals surface area contributed by atoms with Crippen LogP contribution in [0.2, 0.25) is 10.0 Å². The van der Waals surface area contributed by atoms with E-state index in [1.165, 1.54) is 0 Å². The monoisotopic (exact) mass is 661 g/mol. The van der Waals surface area contributed by atoms with Crippen LogP contribution in [0.3, 0.4) is 0 Å². The molecule has 3 heterocycles. The summed E-state index contributed by atoms with van der Waals surface area (Å²) in [6.45, 7) is 3.60. The van der Waals surface area contributed by atoms with E-state index in [1.807, 2.05) is 48.0 Å². The highest BCUT2D eigenvalue weighted by molar-refractivity contribution is 6.36. The smallest absolute Gasteiger partial charge is 0.291 e. The molecular weight excluding hydrogens is 625 g/mol. The number of carbonyl (C=O) groups is 1. The Kier molecular flexibility index (Phi) is 8.46. The lowest BCUT2D eigenvalue weighted by Crippen LogP contribution is -2.49. The van der Waals surface area contributed by atoms with Crippen molar-refractivity contribution in [3.05, 3.63) is 92.5 Å². The number of likely N-dealkylation sites (tertiary alicyclic amines) is 1. The van der Waals surface area contributed by atoms with Crippen molar-refractivity contribution in [3.63, 3.8) is 0 Å². The number of β-amino-alcohol motifs (C(OH)–C–C–N with tert-alkyl or cyclic N) is 1. The molecule has 11 heteroatoms. The second-order valence-electron chi connectivity index (χ2n) is 12.5. The maximum absolute atomic E-state index is 13.4. The van der Waals surface area contributed by atoms with E-state index < -0.39 is 0 Å². The number of aliphatic hydroxyl groups excluding tert-OH is 1. The molecule has 1 fully saturated rings. The number of nitrogens with zero attached hydrogens (tertiary/aromatic N) is 4. The zero-order chi connectivity index (χ0) is 32.1. The molecule has 240 valence electrons. The molecule has 3 aliphatic rings. The maximum atomic E-state index is 13.4. The quantitative estimate of drug-likeness (QED) is 0.243. The number of aliphatic hydroxyl groups is 1. The van der Waals surface area contributed by atoms with Gasteiger partial charge in [0, 0.05) is 69.1 Å². The summed E-state index contributed by atoms with van der Waals surface area (Å²) in [6.07, 6.45) is 1.99. The lowest BCUT2D eigenvalue weighted by atomic mass is 9.96. The van der Waals surface area contributed by atoms with Crippen LogP contribution in [-0.4, -0.2) is 70.3 Å². The average molecular weight is 663 g/mol. The third-order valence-electron chi connectivity index (χ3n) is 9.34. The molecule has 0 bridgehead atoms. The fraction of sp³-hybridized carbons (Fsp3) is 0.371. The normalized spacial score (nSPS) is 18.2. The molecule has 7 rings (SSSR count). The molecule has 0 saturated carbocycles. The number of halogens is 2. The number of ether oxygens (including phenoxy) is 2. The van der Waals surface area contributed by atoms with E-state index in [-0.39, 0.29) is 18.1 Å². The maximum Gasteiger partial charge on any atom is 0.291 e. The van der Waals surface area contributed by atoms with E-state index in [0.29, 0.717) is 52.7 Å². The largest absolute Gasteiger partial charge is 0.496 e. The topological polar surface area (TPSA) is 92.1 Å². The highest BCUT2D eigenvalue weighted by Gasteiger charge is 2.30. The van der Waals surface area contributed by atoms with Crippen LogP contribution < -0.4 is 14.8 Å². The molecule has 2 aliphatic heterocycles. The number of nitrogens with one attached hydrogen (secondary N) is 1. The van der Waals surface area contributed by atoms with Gasteiger partial charge in [-0.3, -0.25) is 9.69 Å². The molecule has 1 aromatic heterocycles. The first-order chi connectivity index (χ1) is 22.2. The van der Waals surface area contributed by atoms with Crippen molar-refractivity contribution >= 4 is 34.8 Å². The molecule has 1 saturated heterocycles. The van der Waals surface area contributed by atoms with E-state index in [0.717, 1.165) is 71.6 Å². The number of fused-ring (bicyclic) bond motifs is 2. The number of anilines is 1. The Hall–Kier alpha value is -3.60. The predicted octanol–water partition coefficient (Wildman–Crippen LogP) is 5.89. The van der Waals surface area contributed by atoms with Gasteiger partial charge in [0.25, 0.3) is 5.91 Å².